The second kappa shape index (κ2) is 13.1. The van der Waals surface area contributed by atoms with Crippen molar-refractivity contribution in [3.8, 4) is 16.9 Å². The number of nitrogens with zero attached hydrogens (tertiary/aromatic N) is 5. The van der Waals surface area contributed by atoms with E-state index >= 15 is 0 Å². The minimum absolute atomic E-state index is 0.140. The number of hydroxylamine groups is 1. The molecule has 6 aromatic rings. The molecule has 1 atom stereocenters. The number of ether oxygens (including phenoxy) is 1. The summed E-state index contributed by atoms with van der Waals surface area (Å²) in [4.78, 5) is 29.2. The second-order valence-corrected chi connectivity index (χ2v) is 14.4. The SMILES string of the molecule is Cc1cc(OCCCc2c3n(c4c(-c5c(C)nn(C)c5C)c(Cl)ccc24)C(C)CN(c2cn(C)c4ccc(C(=O)NO)cc24)C3=O)cc(C)c1Cl. The van der Waals surface area contributed by atoms with Gasteiger partial charge >= 0.3 is 0 Å². The van der Waals surface area contributed by atoms with Crippen LogP contribution in [0.25, 0.3) is 32.9 Å². The van der Waals surface area contributed by atoms with Crippen molar-refractivity contribution in [2.45, 2.75) is 53.5 Å². The van der Waals surface area contributed by atoms with Gasteiger partial charge in [-0.2, -0.15) is 5.10 Å². The molecule has 0 spiro atoms. The Morgan fingerprint density at radius 2 is 1.75 bits per heavy atom. The molecule has 1 unspecified atom stereocenters. The number of hydrogen-bond donors (Lipinski definition) is 2. The van der Waals surface area contributed by atoms with Gasteiger partial charge in [0.25, 0.3) is 11.8 Å². The summed E-state index contributed by atoms with van der Waals surface area (Å²) in [5, 5.41) is 17.1. The van der Waals surface area contributed by atoms with Gasteiger partial charge in [0, 0.05) is 76.6 Å². The van der Waals surface area contributed by atoms with Crippen molar-refractivity contribution in [1.29, 1.82) is 0 Å². The van der Waals surface area contributed by atoms with E-state index in [1.807, 2.05) is 92.5 Å². The van der Waals surface area contributed by atoms with E-state index in [9.17, 15) is 14.8 Å². The highest BCUT2D eigenvalue weighted by Crippen LogP contribution is 2.45. The Kier molecular flexibility index (Phi) is 8.90. The van der Waals surface area contributed by atoms with Gasteiger partial charge < -0.3 is 18.8 Å². The lowest BCUT2D eigenvalue weighted by molar-refractivity contribution is 0.0706. The van der Waals surface area contributed by atoms with E-state index in [1.54, 1.807) is 17.6 Å². The molecule has 0 aliphatic carbocycles. The van der Waals surface area contributed by atoms with Crippen LogP contribution in [0.5, 0.6) is 5.75 Å². The molecular formula is C39H40Cl2N6O4. The molecule has 12 heteroatoms. The summed E-state index contributed by atoms with van der Waals surface area (Å²) in [6, 6.07) is 12.9. The van der Waals surface area contributed by atoms with E-state index in [1.165, 1.54) is 0 Å². The predicted molar refractivity (Wildman–Crippen MR) is 202 cm³/mol. The lowest BCUT2D eigenvalue weighted by atomic mass is 9.98. The standard InChI is InChI=1S/C39H40Cl2N6O4/c1-20-15-26(16-21(2)35(20)41)51-14-8-9-27-28-11-12-30(40)34(33-23(4)42-45(7)24(33)5)36(28)47-22(3)18-46(39(49)37(27)47)32-19-44(6)31-13-10-25(17-29(31)32)38(48)43-50/h10-13,15-17,19,22,50H,8-9,14,18H2,1-7H3,(H,43,48). The van der Waals surface area contributed by atoms with Crippen molar-refractivity contribution < 1.29 is 19.5 Å². The molecule has 3 aromatic carbocycles. The van der Waals surface area contributed by atoms with Crippen molar-refractivity contribution in [1.82, 2.24) is 24.4 Å². The smallest absolute Gasteiger partial charge is 0.275 e. The molecular weight excluding hydrogens is 687 g/mol. The molecule has 1 aliphatic heterocycles. The fourth-order valence-corrected chi connectivity index (χ4v) is 8.09. The summed E-state index contributed by atoms with van der Waals surface area (Å²) in [5.74, 6) is -0.00443. The maximum atomic E-state index is 15.0. The summed E-state index contributed by atoms with van der Waals surface area (Å²) >= 11 is 13.5. The number of fused-ring (bicyclic) bond motifs is 4. The minimum Gasteiger partial charge on any atom is -0.494 e. The number of anilines is 1. The van der Waals surface area contributed by atoms with Crippen LogP contribution in [0.3, 0.4) is 0 Å². The quantitative estimate of drug-likeness (QED) is 0.0931. The normalized spacial score (nSPS) is 14.5. The van der Waals surface area contributed by atoms with Crippen LogP contribution < -0.4 is 15.1 Å². The minimum atomic E-state index is -0.621. The third-order valence-electron chi connectivity index (χ3n) is 10.2. The molecule has 10 nitrogen and oxygen atoms in total. The predicted octanol–water partition coefficient (Wildman–Crippen LogP) is 8.43. The molecule has 3 aromatic heterocycles. The summed E-state index contributed by atoms with van der Waals surface area (Å²) < 4.78 is 12.2. The highest BCUT2D eigenvalue weighted by molar-refractivity contribution is 6.35. The third kappa shape index (κ3) is 5.66. The molecule has 0 fully saturated rings. The average Bonchev–Trinajstić information content (AvgIpc) is 3.70. The number of hydrogen-bond acceptors (Lipinski definition) is 5. The number of aromatic nitrogens is 4. The van der Waals surface area contributed by atoms with Crippen LogP contribution >= 0.6 is 23.2 Å². The number of carbonyl (C=O) groups is 2. The van der Waals surface area contributed by atoms with Crippen LogP contribution in [-0.4, -0.2) is 49.1 Å². The van der Waals surface area contributed by atoms with E-state index in [-0.39, 0.29) is 17.5 Å². The van der Waals surface area contributed by atoms with Gasteiger partial charge in [-0.05, 0) is 101 Å². The molecule has 2 amide bonds. The van der Waals surface area contributed by atoms with Crippen molar-refractivity contribution in [2.24, 2.45) is 14.1 Å². The molecule has 0 saturated carbocycles. The molecule has 7 rings (SSSR count). The zero-order valence-corrected chi connectivity index (χ0v) is 31.2. The number of amides is 2. The summed E-state index contributed by atoms with van der Waals surface area (Å²) in [5.41, 5.74) is 11.6. The van der Waals surface area contributed by atoms with E-state index in [0.29, 0.717) is 42.4 Å². The third-order valence-corrected chi connectivity index (χ3v) is 11.1. The van der Waals surface area contributed by atoms with Gasteiger partial charge in [-0.1, -0.05) is 29.3 Å². The Bertz CT molecular complexity index is 2380. The maximum Gasteiger partial charge on any atom is 0.275 e. The topological polar surface area (TPSA) is 107 Å². The Morgan fingerprint density at radius 1 is 1.02 bits per heavy atom. The van der Waals surface area contributed by atoms with Crippen molar-refractivity contribution in [2.75, 3.05) is 18.1 Å². The highest BCUT2D eigenvalue weighted by atomic mass is 35.5. The van der Waals surface area contributed by atoms with Crippen LogP contribution in [0.4, 0.5) is 5.69 Å². The van der Waals surface area contributed by atoms with Crippen LogP contribution in [0, 0.1) is 27.7 Å². The van der Waals surface area contributed by atoms with Crippen molar-refractivity contribution in [3.63, 3.8) is 0 Å². The zero-order chi connectivity index (χ0) is 36.5. The number of carbonyl (C=O) groups excluding carboxylic acids is 2. The number of nitrogens with one attached hydrogen (secondary N) is 1. The van der Waals surface area contributed by atoms with Gasteiger partial charge in [-0.25, -0.2) is 5.48 Å². The maximum absolute atomic E-state index is 15.0. The first kappa shape index (κ1) is 34.7. The van der Waals surface area contributed by atoms with Crippen LogP contribution in [0.1, 0.15) is 68.3 Å². The Labute approximate surface area is 306 Å². The zero-order valence-electron chi connectivity index (χ0n) is 29.7. The largest absolute Gasteiger partial charge is 0.494 e. The van der Waals surface area contributed by atoms with Gasteiger partial charge in [0.1, 0.15) is 11.4 Å². The van der Waals surface area contributed by atoms with Gasteiger partial charge in [-0.15, -0.1) is 0 Å². The second-order valence-electron chi connectivity index (χ2n) is 13.6. The van der Waals surface area contributed by atoms with E-state index in [2.05, 4.69) is 11.5 Å². The lowest BCUT2D eigenvalue weighted by Crippen LogP contribution is -2.42. The van der Waals surface area contributed by atoms with E-state index in [4.69, 9.17) is 33.0 Å². The Morgan fingerprint density at radius 3 is 2.41 bits per heavy atom. The highest BCUT2D eigenvalue weighted by Gasteiger charge is 2.37. The first-order valence-corrected chi connectivity index (χ1v) is 17.7. The number of rotatable bonds is 8. The van der Waals surface area contributed by atoms with Crippen LogP contribution in [0.2, 0.25) is 10.0 Å². The molecule has 0 radical (unpaired) electrons. The van der Waals surface area contributed by atoms with Gasteiger partial charge in [0.15, 0.2) is 0 Å². The van der Waals surface area contributed by atoms with E-state index < -0.39 is 5.91 Å². The summed E-state index contributed by atoms with van der Waals surface area (Å²) in [6.45, 7) is 10.9. The molecule has 0 saturated heterocycles. The molecule has 2 N–H and O–H groups in total. The van der Waals surface area contributed by atoms with Gasteiger partial charge in [-0.3, -0.25) is 19.5 Å². The Hall–Kier alpha value is -4.77. The first-order chi connectivity index (χ1) is 24.3. The van der Waals surface area contributed by atoms with Crippen LogP contribution in [-0.2, 0) is 20.5 Å². The number of benzene rings is 3. The molecule has 0 bridgehead atoms. The molecule has 51 heavy (non-hydrogen) atoms. The summed E-state index contributed by atoms with van der Waals surface area (Å²) in [7, 11) is 3.83. The van der Waals surface area contributed by atoms with Crippen LogP contribution in [0.15, 0.2) is 48.7 Å². The number of aryl methyl sites for hydroxylation is 6. The molecule has 264 valence electrons. The first-order valence-electron chi connectivity index (χ1n) is 16.9. The number of halogens is 2. The monoisotopic (exact) mass is 726 g/mol. The average molecular weight is 728 g/mol. The molecule has 1 aliphatic rings. The van der Waals surface area contributed by atoms with Crippen molar-refractivity contribution >= 4 is 62.5 Å². The van der Waals surface area contributed by atoms with E-state index in [0.717, 1.165) is 71.8 Å². The molecule has 4 heterocycles. The Balaban J connectivity index is 1.37. The fourth-order valence-electron chi connectivity index (χ4n) is 7.73. The summed E-state index contributed by atoms with van der Waals surface area (Å²) in [6.07, 6.45) is 3.16. The van der Waals surface area contributed by atoms with Gasteiger partial charge in [0.05, 0.1) is 28.5 Å². The van der Waals surface area contributed by atoms with Crippen molar-refractivity contribution in [3.05, 3.63) is 98.0 Å². The van der Waals surface area contributed by atoms with Gasteiger partial charge in [0.2, 0.25) is 0 Å². The fraction of sp³-hybridized carbons (Fsp3) is 0.308. The lowest BCUT2D eigenvalue weighted by Gasteiger charge is -2.34.